The summed E-state index contributed by atoms with van der Waals surface area (Å²) >= 11 is 3.40. The molecule has 0 amide bonds. The van der Waals surface area contributed by atoms with E-state index in [0.29, 0.717) is 18.7 Å². The average Bonchev–Trinajstić information content (AvgIpc) is 2.92. The summed E-state index contributed by atoms with van der Waals surface area (Å²) in [6.07, 6.45) is 3.16. The predicted octanol–water partition coefficient (Wildman–Crippen LogP) is 2.37. The van der Waals surface area contributed by atoms with E-state index in [1.54, 1.807) is 17.8 Å². The third-order valence-corrected chi connectivity index (χ3v) is 3.44. The van der Waals surface area contributed by atoms with E-state index in [9.17, 15) is 4.79 Å². The Morgan fingerprint density at radius 1 is 1.45 bits per heavy atom. The van der Waals surface area contributed by atoms with Gasteiger partial charge in [0.2, 0.25) is 0 Å². The molecule has 0 aliphatic rings. The van der Waals surface area contributed by atoms with Gasteiger partial charge in [0, 0.05) is 17.2 Å². The Hall–Kier alpha value is -1.66. The zero-order valence-electron chi connectivity index (χ0n) is 11.1. The number of nitrogens with zero attached hydrogens (tertiary/aromatic N) is 2. The molecule has 1 atom stereocenters. The van der Waals surface area contributed by atoms with Crippen LogP contribution in [0.25, 0.3) is 0 Å². The maximum absolute atomic E-state index is 11.6. The minimum absolute atomic E-state index is 0.105. The van der Waals surface area contributed by atoms with E-state index in [-0.39, 0.29) is 12.0 Å². The molecule has 2 aromatic rings. The van der Waals surface area contributed by atoms with Crippen molar-refractivity contribution in [2.75, 3.05) is 13.2 Å². The van der Waals surface area contributed by atoms with Crippen molar-refractivity contribution in [3.05, 3.63) is 52.3 Å². The Kier molecular flexibility index (Phi) is 4.92. The molecule has 0 bridgehead atoms. The van der Waals surface area contributed by atoms with E-state index in [1.807, 2.05) is 24.3 Å². The van der Waals surface area contributed by atoms with Gasteiger partial charge in [-0.25, -0.2) is 4.79 Å². The van der Waals surface area contributed by atoms with E-state index in [1.165, 1.54) is 6.20 Å². The molecule has 0 saturated heterocycles. The highest BCUT2D eigenvalue weighted by molar-refractivity contribution is 9.10. The average molecular weight is 338 g/mol. The number of hydrogen-bond acceptors (Lipinski definition) is 4. The summed E-state index contributed by atoms with van der Waals surface area (Å²) in [5.41, 5.74) is 7.30. The first-order valence-corrected chi connectivity index (χ1v) is 7.11. The van der Waals surface area contributed by atoms with Crippen LogP contribution in [-0.2, 0) is 4.74 Å². The molecular weight excluding hydrogens is 322 g/mol. The standard InChI is InChI=1S/C14H16BrN3O2/c1-2-20-14(19)11-8-17-18(9-11)13(7-16)10-3-5-12(15)6-4-10/h3-6,8-9,13H,2,7,16H2,1H3. The van der Waals surface area contributed by atoms with Crippen molar-refractivity contribution >= 4 is 21.9 Å². The lowest BCUT2D eigenvalue weighted by molar-refractivity contribution is 0.0526. The number of benzene rings is 1. The fraction of sp³-hybridized carbons (Fsp3) is 0.286. The molecule has 0 radical (unpaired) electrons. The van der Waals surface area contributed by atoms with Gasteiger partial charge in [-0.2, -0.15) is 5.10 Å². The minimum Gasteiger partial charge on any atom is -0.462 e. The first-order chi connectivity index (χ1) is 9.65. The third kappa shape index (κ3) is 3.26. The van der Waals surface area contributed by atoms with Gasteiger partial charge in [0.05, 0.1) is 24.4 Å². The highest BCUT2D eigenvalue weighted by Crippen LogP contribution is 2.20. The van der Waals surface area contributed by atoms with Crippen LogP contribution in [0.2, 0.25) is 0 Å². The molecule has 106 valence electrons. The van der Waals surface area contributed by atoms with Crippen molar-refractivity contribution in [2.45, 2.75) is 13.0 Å². The molecule has 1 heterocycles. The van der Waals surface area contributed by atoms with Gasteiger partial charge < -0.3 is 10.5 Å². The van der Waals surface area contributed by atoms with Crippen molar-refractivity contribution < 1.29 is 9.53 Å². The van der Waals surface area contributed by atoms with Gasteiger partial charge in [0.25, 0.3) is 0 Å². The van der Waals surface area contributed by atoms with Crippen LogP contribution in [0.4, 0.5) is 0 Å². The fourth-order valence-electron chi connectivity index (χ4n) is 1.91. The smallest absolute Gasteiger partial charge is 0.341 e. The van der Waals surface area contributed by atoms with Gasteiger partial charge in [0.15, 0.2) is 0 Å². The van der Waals surface area contributed by atoms with Crippen LogP contribution >= 0.6 is 15.9 Å². The normalized spacial score (nSPS) is 12.2. The number of ether oxygens (including phenoxy) is 1. The lowest BCUT2D eigenvalue weighted by atomic mass is 10.1. The van der Waals surface area contributed by atoms with Crippen LogP contribution in [0.15, 0.2) is 41.1 Å². The molecule has 2 N–H and O–H groups in total. The van der Waals surface area contributed by atoms with Gasteiger partial charge in [-0.3, -0.25) is 4.68 Å². The molecule has 6 heteroatoms. The monoisotopic (exact) mass is 337 g/mol. The Balaban J connectivity index is 2.24. The Bertz CT molecular complexity index is 580. The molecule has 1 unspecified atom stereocenters. The topological polar surface area (TPSA) is 70.1 Å². The lowest BCUT2D eigenvalue weighted by Crippen LogP contribution is -2.20. The van der Waals surface area contributed by atoms with Gasteiger partial charge >= 0.3 is 5.97 Å². The van der Waals surface area contributed by atoms with Crippen molar-refractivity contribution in [3.8, 4) is 0 Å². The molecule has 0 fully saturated rings. The van der Waals surface area contributed by atoms with Crippen molar-refractivity contribution in [2.24, 2.45) is 5.73 Å². The Labute approximate surface area is 125 Å². The quantitative estimate of drug-likeness (QED) is 0.850. The first kappa shape index (κ1) is 14.7. The highest BCUT2D eigenvalue weighted by atomic mass is 79.9. The second-order valence-electron chi connectivity index (χ2n) is 4.23. The van der Waals surface area contributed by atoms with Crippen LogP contribution < -0.4 is 5.73 Å². The molecule has 20 heavy (non-hydrogen) atoms. The zero-order valence-corrected chi connectivity index (χ0v) is 12.7. The maximum atomic E-state index is 11.6. The molecule has 0 saturated carbocycles. The van der Waals surface area contributed by atoms with Crippen LogP contribution in [0.5, 0.6) is 0 Å². The number of halogens is 1. The molecule has 5 nitrogen and oxygen atoms in total. The van der Waals surface area contributed by atoms with Gasteiger partial charge in [-0.05, 0) is 24.6 Å². The molecule has 0 spiro atoms. The molecular formula is C14H16BrN3O2. The van der Waals surface area contributed by atoms with Gasteiger partial charge in [-0.1, -0.05) is 28.1 Å². The van der Waals surface area contributed by atoms with E-state index in [0.717, 1.165) is 10.0 Å². The molecule has 2 rings (SSSR count). The summed E-state index contributed by atoms with van der Waals surface area (Å²) in [6, 6.07) is 7.76. The second kappa shape index (κ2) is 6.67. The zero-order chi connectivity index (χ0) is 14.5. The molecule has 1 aromatic carbocycles. The number of carbonyl (C=O) groups excluding carboxylic acids is 1. The number of aromatic nitrogens is 2. The summed E-state index contributed by atoms with van der Waals surface area (Å²) in [6.45, 7) is 2.51. The van der Waals surface area contributed by atoms with E-state index < -0.39 is 0 Å². The first-order valence-electron chi connectivity index (χ1n) is 6.32. The minimum atomic E-state index is -0.370. The summed E-state index contributed by atoms with van der Waals surface area (Å²) in [4.78, 5) is 11.6. The summed E-state index contributed by atoms with van der Waals surface area (Å²) < 4.78 is 7.64. The third-order valence-electron chi connectivity index (χ3n) is 2.91. The molecule has 0 aliphatic carbocycles. The summed E-state index contributed by atoms with van der Waals surface area (Å²) in [7, 11) is 0. The molecule has 0 aliphatic heterocycles. The SMILES string of the molecule is CCOC(=O)c1cnn(C(CN)c2ccc(Br)cc2)c1. The number of hydrogen-bond donors (Lipinski definition) is 1. The Morgan fingerprint density at radius 3 is 2.75 bits per heavy atom. The second-order valence-corrected chi connectivity index (χ2v) is 5.15. The van der Waals surface area contributed by atoms with E-state index in [4.69, 9.17) is 10.5 Å². The predicted molar refractivity (Wildman–Crippen MR) is 79.5 cm³/mol. The number of esters is 1. The van der Waals surface area contributed by atoms with Crippen LogP contribution in [0, 0.1) is 0 Å². The van der Waals surface area contributed by atoms with E-state index >= 15 is 0 Å². The summed E-state index contributed by atoms with van der Waals surface area (Å²) in [5, 5.41) is 4.21. The van der Waals surface area contributed by atoms with Gasteiger partial charge in [-0.15, -0.1) is 0 Å². The highest BCUT2D eigenvalue weighted by Gasteiger charge is 2.16. The summed E-state index contributed by atoms with van der Waals surface area (Å²) in [5.74, 6) is -0.370. The number of nitrogens with two attached hydrogens (primary N) is 1. The maximum Gasteiger partial charge on any atom is 0.341 e. The lowest BCUT2D eigenvalue weighted by Gasteiger charge is -2.15. The molecule has 1 aromatic heterocycles. The van der Waals surface area contributed by atoms with E-state index in [2.05, 4.69) is 21.0 Å². The number of rotatable bonds is 5. The van der Waals surface area contributed by atoms with Crippen LogP contribution in [0.3, 0.4) is 0 Å². The van der Waals surface area contributed by atoms with Crippen LogP contribution in [-0.4, -0.2) is 28.9 Å². The van der Waals surface area contributed by atoms with Crippen molar-refractivity contribution in [3.63, 3.8) is 0 Å². The fourth-order valence-corrected chi connectivity index (χ4v) is 2.17. The van der Waals surface area contributed by atoms with Gasteiger partial charge in [0.1, 0.15) is 0 Å². The number of carbonyl (C=O) groups is 1. The van der Waals surface area contributed by atoms with Crippen molar-refractivity contribution in [1.82, 2.24) is 9.78 Å². The van der Waals surface area contributed by atoms with Crippen molar-refractivity contribution in [1.29, 1.82) is 0 Å². The largest absolute Gasteiger partial charge is 0.462 e. The van der Waals surface area contributed by atoms with Crippen LogP contribution in [0.1, 0.15) is 28.9 Å². The Morgan fingerprint density at radius 2 is 2.15 bits per heavy atom.